The van der Waals surface area contributed by atoms with Crippen LogP contribution in [0.1, 0.15) is 0 Å². The van der Waals surface area contributed by atoms with Crippen LogP contribution in [0.3, 0.4) is 0 Å². The predicted molar refractivity (Wildman–Crippen MR) is 185 cm³/mol. The topological polar surface area (TPSA) is 34.4 Å². The summed E-state index contributed by atoms with van der Waals surface area (Å²) in [6.07, 6.45) is 0. The quantitative estimate of drug-likeness (QED) is 0.153. The van der Waals surface area contributed by atoms with Crippen molar-refractivity contribution >= 4 is 83.1 Å². The first kappa shape index (κ1) is 24.6. The van der Waals surface area contributed by atoms with Crippen LogP contribution in [-0.2, 0) is 4.57 Å². The molecule has 0 fully saturated rings. The molecule has 0 amide bonds. The first-order valence-corrected chi connectivity index (χ1v) is 17.2. The molecule has 0 saturated heterocycles. The van der Waals surface area contributed by atoms with E-state index in [1.54, 1.807) is 0 Å². The zero-order valence-corrected chi connectivity index (χ0v) is 24.8. The van der Waals surface area contributed by atoms with Gasteiger partial charge >= 0.3 is 0 Å². The van der Waals surface area contributed by atoms with Crippen molar-refractivity contribution in [1.29, 1.82) is 0 Å². The summed E-state index contributed by atoms with van der Waals surface area (Å²) in [5, 5.41) is 11.8. The number of hydrogen-bond donors (Lipinski definition) is 0. The first-order chi connectivity index (χ1) is 21.0. The van der Waals surface area contributed by atoms with E-state index in [4.69, 9.17) is 4.98 Å². The molecular weight excluding hydrogens is 543 g/mol. The van der Waals surface area contributed by atoms with Gasteiger partial charge in [-0.25, -0.2) is 4.98 Å². The third-order valence-electron chi connectivity index (χ3n) is 9.03. The van der Waals surface area contributed by atoms with Crippen LogP contribution in [0, 0.1) is 0 Å². The highest BCUT2D eigenvalue weighted by Crippen LogP contribution is 2.40. The Balaban J connectivity index is 1.37. The highest BCUT2D eigenvalue weighted by atomic mass is 31.2. The van der Waals surface area contributed by atoms with Gasteiger partial charge in [0.05, 0.1) is 16.6 Å². The Labute approximate surface area is 248 Å². The predicted octanol–water partition coefficient (Wildman–Crippen LogP) is 10.2. The molecule has 0 radical (unpaired) electrons. The third-order valence-corrected chi connectivity index (χ3v) is 10.6. The molecule has 7 aromatic carbocycles. The van der Waals surface area contributed by atoms with Crippen LogP contribution in [-0.4, -0.2) is 22.7 Å². The third kappa shape index (κ3) is 3.55. The summed E-state index contributed by atoms with van der Waals surface area (Å²) < 4.78 is 15.3. The molecule has 2 heterocycles. The molecule has 9 rings (SSSR count). The Kier molecular flexibility index (Phi) is 5.02. The molecule has 0 saturated carbocycles. The first-order valence-electron chi connectivity index (χ1n) is 14.6. The molecule has 0 aliphatic rings. The van der Waals surface area contributed by atoms with Crippen molar-refractivity contribution in [2.24, 2.45) is 0 Å². The zero-order chi connectivity index (χ0) is 28.9. The maximum Gasteiger partial charge on any atom is 0.146 e. The number of rotatable bonds is 2. The molecule has 43 heavy (non-hydrogen) atoms. The molecule has 3 nitrogen and oxygen atoms in total. The van der Waals surface area contributed by atoms with E-state index in [0.717, 1.165) is 49.2 Å². The van der Waals surface area contributed by atoms with E-state index in [0.29, 0.717) is 0 Å². The average molecular weight is 571 g/mol. The Morgan fingerprint density at radius 1 is 0.488 bits per heavy atom. The standard InChI is InChI=1S/C39H27N2OP/c1-43(2,42)26-17-20-32-33-19-16-25(22-38(33)41-37-14-8-7-13-36(37)40-39(41)35(32)23-26)24-15-18-31-29-11-4-3-9-27(29)28-10-5-6-12-30(28)34(31)21-24/h3-23H,1-2H3. The summed E-state index contributed by atoms with van der Waals surface area (Å²) in [7, 11) is -2.43. The molecule has 9 aromatic rings. The summed E-state index contributed by atoms with van der Waals surface area (Å²) in [5.74, 6) is 0. The van der Waals surface area contributed by atoms with Crippen molar-refractivity contribution in [1.82, 2.24) is 9.38 Å². The minimum Gasteiger partial charge on any atom is -0.319 e. The van der Waals surface area contributed by atoms with Crippen LogP contribution in [0.15, 0.2) is 127 Å². The van der Waals surface area contributed by atoms with Crippen molar-refractivity contribution in [3.63, 3.8) is 0 Å². The summed E-state index contributed by atoms with van der Waals surface area (Å²) in [6, 6.07) is 45.6. The SMILES string of the molecule is CP(C)(=O)c1ccc2c3ccc(-c4ccc5c6ccccc6c6ccccc6c5c4)cc3n3c4ccccc4nc3c2c1. The Morgan fingerprint density at radius 3 is 1.72 bits per heavy atom. The fraction of sp³-hybridized carbons (Fsp3) is 0.0513. The molecule has 0 unspecified atom stereocenters. The number of nitrogens with zero attached hydrogens (tertiary/aromatic N) is 2. The van der Waals surface area contributed by atoms with Crippen LogP contribution in [0.2, 0.25) is 0 Å². The molecule has 4 heteroatoms. The van der Waals surface area contributed by atoms with E-state index < -0.39 is 7.14 Å². The van der Waals surface area contributed by atoms with E-state index in [-0.39, 0.29) is 0 Å². The molecule has 0 bridgehead atoms. The molecule has 0 aliphatic carbocycles. The number of pyridine rings is 1. The summed E-state index contributed by atoms with van der Waals surface area (Å²) in [4.78, 5) is 5.10. The smallest absolute Gasteiger partial charge is 0.146 e. The Bertz CT molecular complexity index is 2640. The molecule has 0 N–H and O–H groups in total. The number of para-hydroxylation sites is 2. The Morgan fingerprint density at radius 2 is 1.02 bits per heavy atom. The second-order valence-electron chi connectivity index (χ2n) is 11.9. The summed E-state index contributed by atoms with van der Waals surface area (Å²) >= 11 is 0. The Hall–Kier alpha value is -4.98. The van der Waals surface area contributed by atoms with Crippen molar-refractivity contribution in [2.45, 2.75) is 0 Å². The van der Waals surface area contributed by atoms with Gasteiger partial charge in [0.2, 0.25) is 0 Å². The number of fused-ring (bicyclic) bond motifs is 14. The van der Waals surface area contributed by atoms with Crippen molar-refractivity contribution < 1.29 is 4.57 Å². The van der Waals surface area contributed by atoms with E-state index in [2.05, 4.69) is 120 Å². The van der Waals surface area contributed by atoms with Crippen LogP contribution in [0.5, 0.6) is 0 Å². The highest BCUT2D eigenvalue weighted by Gasteiger charge is 2.18. The summed E-state index contributed by atoms with van der Waals surface area (Å²) in [5.41, 5.74) is 6.37. The van der Waals surface area contributed by atoms with Gasteiger partial charge in [-0.2, -0.15) is 0 Å². The maximum atomic E-state index is 13.1. The molecule has 0 spiro atoms. The van der Waals surface area contributed by atoms with Gasteiger partial charge in [0.1, 0.15) is 12.8 Å². The minimum absolute atomic E-state index is 0.876. The zero-order valence-electron chi connectivity index (χ0n) is 23.9. The molecular formula is C39H27N2OP. The lowest BCUT2D eigenvalue weighted by Gasteiger charge is -2.14. The van der Waals surface area contributed by atoms with Gasteiger partial charge in [0.15, 0.2) is 0 Å². The number of aromatic nitrogens is 2. The fourth-order valence-corrected chi connectivity index (χ4v) is 7.82. The molecule has 0 atom stereocenters. The second kappa shape index (κ2) is 8.77. The lowest BCUT2D eigenvalue weighted by molar-refractivity contribution is 0.588. The van der Waals surface area contributed by atoms with E-state index in [1.165, 1.54) is 37.9 Å². The summed E-state index contributed by atoms with van der Waals surface area (Å²) in [6.45, 7) is 3.66. The lowest BCUT2D eigenvalue weighted by atomic mass is 9.92. The second-order valence-corrected chi connectivity index (χ2v) is 15.1. The van der Waals surface area contributed by atoms with Gasteiger partial charge < -0.3 is 4.57 Å². The molecule has 2 aromatic heterocycles. The molecule has 0 aliphatic heterocycles. The largest absolute Gasteiger partial charge is 0.319 e. The van der Waals surface area contributed by atoms with Gasteiger partial charge in [-0.1, -0.05) is 97.1 Å². The van der Waals surface area contributed by atoms with Gasteiger partial charge in [-0.15, -0.1) is 0 Å². The monoisotopic (exact) mass is 570 g/mol. The fourth-order valence-electron chi connectivity index (χ4n) is 6.95. The van der Waals surface area contributed by atoms with Gasteiger partial charge in [-0.3, -0.25) is 4.40 Å². The van der Waals surface area contributed by atoms with E-state index >= 15 is 0 Å². The number of imidazole rings is 1. The normalized spacial score (nSPS) is 12.5. The van der Waals surface area contributed by atoms with Crippen molar-refractivity contribution in [3.8, 4) is 11.1 Å². The average Bonchev–Trinajstić information content (AvgIpc) is 3.44. The number of benzene rings is 7. The van der Waals surface area contributed by atoms with E-state index in [9.17, 15) is 4.57 Å². The van der Waals surface area contributed by atoms with Gasteiger partial charge in [0, 0.05) is 16.1 Å². The van der Waals surface area contributed by atoms with Gasteiger partial charge in [-0.05, 0) is 92.5 Å². The van der Waals surface area contributed by atoms with Crippen molar-refractivity contribution in [2.75, 3.05) is 13.3 Å². The van der Waals surface area contributed by atoms with Crippen LogP contribution in [0.25, 0.3) is 81.8 Å². The molecule has 204 valence electrons. The van der Waals surface area contributed by atoms with Crippen molar-refractivity contribution in [3.05, 3.63) is 127 Å². The van der Waals surface area contributed by atoms with Gasteiger partial charge in [0.25, 0.3) is 0 Å². The highest BCUT2D eigenvalue weighted by molar-refractivity contribution is 7.70. The number of hydrogen-bond acceptors (Lipinski definition) is 2. The van der Waals surface area contributed by atoms with Crippen LogP contribution >= 0.6 is 7.14 Å². The van der Waals surface area contributed by atoms with Crippen LogP contribution in [0.4, 0.5) is 0 Å². The van der Waals surface area contributed by atoms with E-state index in [1.807, 2.05) is 25.5 Å². The minimum atomic E-state index is -2.43. The van der Waals surface area contributed by atoms with Crippen LogP contribution < -0.4 is 5.30 Å². The lowest BCUT2D eigenvalue weighted by Crippen LogP contribution is -2.03. The maximum absolute atomic E-state index is 13.1.